The summed E-state index contributed by atoms with van der Waals surface area (Å²) in [5.74, 6) is -1.20. The summed E-state index contributed by atoms with van der Waals surface area (Å²) in [4.78, 5) is 24.9. The standard InChI is InChI=1S/C16H22FN4O2/c17-12-9-11(4-5-13(12)20-15(22)6-7-18)10-21-8-2-1-3-14(21)16(19)23/h1,4-5,9,14H,2-3,6-8,10,18H2,(H2,19,23)(H,20,22). The van der Waals surface area contributed by atoms with Crippen LogP contribution in [0.3, 0.4) is 0 Å². The minimum atomic E-state index is -0.507. The highest BCUT2D eigenvalue weighted by Gasteiger charge is 2.27. The highest BCUT2D eigenvalue weighted by atomic mass is 19.1. The van der Waals surface area contributed by atoms with Crippen LogP contribution in [-0.2, 0) is 16.1 Å². The van der Waals surface area contributed by atoms with Crippen molar-refractivity contribution in [3.05, 3.63) is 36.0 Å². The number of carbonyl (C=O) groups excluding carboxylic acids is 2. The molecule has 2 amide bonds. The van der Waals surface area contributed by atoms with Crippen molar-refractivity contribution in [2.75, 3.05) is 18.4 Å². The van der Waals surface area contributed by atoms with Crippen LogP contribution in [0, 0.1) is 12.2 Å². The summed E-state index contributed by atoms with van der Waals surface area (Å²) in [5, 5.41) is 2.48. The molecule has 6 nitrogen and oxygen atoms in total. The first kappa shape index (κ1) is 17.4. The van der Waals surface area contributed by atoms with Crippen LogP contribution in [0.5, 0.6) is 0 Å². The third kappa shape index (κ3) is 4.74. The molecule has 0 bridgehead atoms. The molecule has 5 N–H and O–H groups in total. The average Bonchev–Trinajstić information content (AvgIpc) is 2.50. The van der Waals surface area contributed by atoms with Crippen molar-refractivity contribution < 1.29 is 14.0 Å². The summed E-state index contributed by atoms with van der Waals surface area (Å²) in [7, 11) is 0. The molecular weight excluding hydrogens is 299 g/mol. The molecule has 0 aliphatic carbocycles. The van der Waals surface area contributed by atoms with E-state index in [9.17, 15) is 14.0 Å². The van der Waals surface area contributed by atoms with Gasteiger partial charge in [0.2, 0.25) is 11.8 Å². The van der Waals surface area contributed by atoms with Gasteiger partial charge in [-0.25, -0.2) is 4.39 Å². The van der Waals surface area contributed by atoms with E-state index in [1.54, 1.807) is 6.07 Å². The van der Waals surface area contributed by atoms with Gasteiger partial charge in [0, 0.05) is 19.5 Å². The average molecular weight is 321 g/mol. The molecule has 0 aromatic heterocycles. The van der Waals surface area contributed by atoms with E-state index in [0.717, 1.165) is 12.0 Å². The summed E-state index contributed by atoms with van der Waals surface area (Å²) >= 11 is 0. The number of rotatable bonds is 6. The zero-order chi connectivity index (χ0) is 16.8. The van der Waals surface area contributed by atoms with Gasteiger partial charge in [-0.05, 0) is 43.5 Å². The van der Waals surface area contributed by atoms with Gasteiger partial charge in [0.15, 0.2) is 0 Å². The number of amides is 2. The Morgan fingerprint density at radius 3 is 2.83 bits per heavy atom. The first-order chi connectivity index (χ1) is 11.0. The minimum Gasteiger partial charge on any atom is -0.368 e. The molecule has 1 saturated heterocycles. The van der Waals surface area contributed by atoms with Crippen molar-refractivity contribution in [2.24, 2.45) is 11.5 Å². The molecule has 1 fully saturated rings. The van der Waals surface area contributed by atoms with E-state index in [-0.39, 0.29) is 36.5 Å². The second-order valence-electron chi connectivity index (χ2n) is 5.60. The van der Waals surface area contributed by atoms with E-state index in [4.69, 9.17) is 11.5 Å². The van der Waals surface area contributed by atoms with Gasteiger partial charge in [-0.2, -0.15) is 0 Å². The number of benzene rings is 1. The maximum absolute atomic E-state index is 14.1. The molecule has 1 radical (unpaired) electrons. The van der Waals surface area contributed by atoms with Crippen LogP contribution < -0.4 is 16.8 Å². The molecule has 23 heavy (non-hydrogen) atoms. The third-order valence-corrected chi connectivity index (χ3v) is 3.84. The Morgan fingerprint density at radius 2 is 2.17 bits per heavy atom. The molecule has 1 atom stereocenters. The molecule has 2 rings (SSSR count). The van der Waals surface area contributed by atoms with Crippen LogP contribution in [0.25, 0.3) is 0 Å². The first-order valence-electron chi connectivity index (χ1n) is 7.64. The number of hydrogen-bond donors (Lipinski definition) is 3. The molecule has 1 aromatic rings. The van der Waals surface area contributed by atoms with E-state index in [2.05, 4.69) is 5.32 Å². The Bertz CT molecular complexity index is 579. The lowest BCUT2D eigenvalue weighted by Gasteiger charge is -2.33. The molecule has 1 aromatic carbocycles. The number of nitrogens with zero attached hydrogens (tertiary/aromatic N) is 1. The fourth-order valence-electron chi connectivity index (χ4n) is 2.66. The molecule has 0 saturated carbocycles. The van der Waals surface area contributed by atoms with Gasteiger partial charge in [-0.15, -0.1) is 0 Å². The van der Waals surface area contributed by atoms with Gasteiger partial charge in [-0.3, -0.25) is 14.5 Å². The van der Waals surface area contributed by atoms with Crippen LogP contribution in [0.1, 0.15) is 24.8 Å². The fraction of sp³-hybridized carbons (Fsp3) is 0.438. The molecular formula is C16H22FN4O2. The Labute approximate surface area is 135 Å². The quantitative estimate of drug-likeness (QED) is 0.720. The molecule has 1 unspecified atom stereocenters. The molecule has 1 heterocycles. The number of hydrogen-bond acceptors (Lipinski definition) is 4. The first-order valence-corrected chi connectivity index (χ1v) is 7.64. The van der Waals surface area contributed by atoms with Gasteiger partial charge < -0.3 is 16.8 Å². The summed E-state index contributed by atoms with van der Waals surface area (Å²) < 4.78 is 14.1. The normalized spacial score (nSPS) is 18.6. The zero-order valence-electron chi connectivity index (χ0n) is 12.9. The van der Waals surface area contributed by atoms with Crippen LogP contribution in [0.2, 0.25) is 0 Å². The Morgan fingerprint density at radius 1 is 1.39 bits per heavy atom. The molecule has 7 heteroatoms. The lowest BCUT2D eigenvalue weighted by Crippen LogP contribution is -2.47. The number of carbonyl (C=O) groups is 2. The molecule has 0 spiro atoms. The highest BCUT2D eigenvalue weighted by molar-refractivity contribution is 5.90. The Balaban J connectivity index is 2.04. The summed E-state index contributed by atoms with van der Waals surface area (Å²) in [5.41, 5.74) is 11.6. The number of primary amides is 1. The number of nitrogens with two attached hydrogens (primary N) is 2. The SMILES string of the molecule is NCCC(=O)Nc1ccc(CN2CC[CH]CC2C(N)=O)cc1F. The topological polar surface area (TPSA) is 101 Å². The number of anilines is 1. The van der Waals surface area contributed by atoms with Crippen LogP contribution in [0.15, 0.2) is 18.2 Å². The second kappa shape index (κ2) is 8.03. The van der Waals surface area contributed by atoms with Gasteiger partial charge in [0.1, 0.15) is 5.82 Å². The maximum atomic E-state index is 14.1. The Hall–Kier alpha value is -1.99. The lowest BCUT2D eigenvalue weighted by atomic mass is 10.0. The second-order valence-corrected chi connectivity index (χ2v) is 5.60. The van der Waals surface area contributed by atoms with E-state index in [1.165, 1.54) is 12.1 Å². The number of piperidine rings is 1. The monoisotopic (exact) mass is 321 g/mol. The van der Waals surface area contributed by atoms with Crippen molar-refractivity contribution in [3.63, 3.8) is 0 Å². The third-order valence-electron chi connectivity index (χ3n) is 3.84. The van der Waals surface area contributed by atoms with Crippen molar-refractivity contribution in [1.82, 2.24) is 4.90 Å². The number of nitrogens with one attached hydrogen (secondary N) is 1. The van der Waals surface area contributed by atoms with Gasteiger partial charge >= 0.3 is 0 Å². The van der Waals surface area contributed by atoms with Crippen molar-refractivity contribution in [1.29, 1.82) is 0 Å². The molecule has 1 aliphatic heterocycles. The molecule has 125 valence electrons. The summed E-state index contributed by atoms with van der Waals surface area (Å²) in [6.07, 6.45) is 3.68. The number of halogens is 1. The van der Waals surface area contributed by atoms with E-state index >= 15 is 0 Å². The van der Waals surface area contributed by atoms with Crippen LogP contribution in [0.4, 0.5) is 10.1 Å². The Kier molecular flexibility index (Phi) is 6.06. The van der Waals surface area contributed by atoms with Gasteiger partial charge in [-0.1, -0.05) is 6.07 Å². The van der Waals surface area contributed by atoms with Crippen LogP contribution >= 0.6 is 0 Å². The predicted octanol–water partition coefficient (Wildman–Crippen LogP) is 0.767. The summed E-state index contributed by atoms with van der Waals surface area (Å²) in [6, 6.07) is 4.27. The van der Waals surface area contributed by atoms with Crippen molar-refractivity contribution >= 4 is 17.5 Å². The predicted molar refractivity (Wildman–Crippen MR) is 85.6 cm³/mol. The van der Waals surface area contributed by atoms with Gasteiger partial charge in [0.05, 0.1) is 11.7 Å². The minimum absolute atomic E-state index is 0.130. The van der Waals surface area contributed by atoms with Gasteiger partial charge in [0.25, 0.3) is 0 Å². The van der Waals surface area contributed by atoms with E-state index in [0.29, 0.717) is 19.5 Å². The van der Waals surface area contributed by atoms with Crippen LogP contribution in [-0.4, -0.2) is 35.8 Å². The van der Waals surface area contributed by atoms with E-state index in [1.807, 2.05) is 11.3 Å². The largest absolute Gasteiger partial charge is 0.368 e. The van der Waals surface area contributed by atoms with Crippen molar-refractivity contribution in [2.45, 2.75) is 31.8 Å². The molecule has 1 aliphatic rings. The summed E-state index contributed by atoms with van der Waals surface area (Å²) in [6.45, 7) is 1.37. The highest BCUT2D eigenvalue weighted by Crippen LogP contribution is 2.21. The van der Waals surface area contributed by atoms with E-state index < -0.39 is 5.82 Å². The number of likely N-dealkylation sites (tertiary alicyclic amines) is 1. The maximum Gasteiger partial charge on any atom is 0.234 e. The smallest absolute Gasteiger partial charge is 0.234 e. The lowest BCUT2D eigenvalue weighted by molar-refractivity contribution is -0.124. The fourth-order valence-corrected chi connectivity index (χ4v) is 2.66. The van der Waals surface area contributed by atoms with Crippen molar-refractivity contribution in [3.8, 4) is 0 Å². The zero-order valence-corrected chi connectivity index (χ0v) is 12.9.